The van der Waals surface area contributed by atoms with Crippen molar-refractivity contribution >= 4 is 53.0 Å². The summed E-state index contributed by atoms with van der Waals surface area (Å²) < 4.78 is 0. The largest absolute Gasteiger partial charge is 0.371 e. The summed E-state index contributed by atoms with van der Waals surface area (Å²) in [4.78, 5) is 2.04. The Bertz CT molecular complexity index is 815. The summed E-state index contributed by atoms with van der Waals surface area (Å²) in [5, 5.41) is 7.71. The minimum atomic E-state index is -0.0255. The van der Waals surface area contributed by atoms with Gasteiger partial charge in [0.1, 0.15) is 4.99 Å². The van der Waals surface area contributed by atoms with Crippen LogP contribution < -0.4 is 10.6 Å². The molecule has 0 unspecified atom stereocenters. The van der Waals surface area contributed by atoms with E-state index in [2.05, 4.69) is 61.7 Å². The number of hydrogen-bond acceptors (Lipinski definition) is 3. The van der Waals surface area contributed by atoms with Crippen molar-refractivity contribution in [1.82, 2.24) is 10.6 Å². The van der Waals surface area contributed by atoms with Gasteiger partial charge in [-0.05, 0) is 69.5 Å². The first-order valence-corrected chi connectivity index (χ1v) is 11.2. The third-order valence-corrected chi connectivity index (χ3v) is 6.52. The SMILES string of the molecule is CC(C)(C)NC(=S)c1ccc(CSc2c(Cl)ccc3c2CCNCC3)cc1.Cl. The van der Waals surface area contributed by atoms with E-state index in [-0.39, 0.29) is 17.9 Å². The number of rotatable bonds is 4. The van der Waals surface area contributed by atoms with E-state index in [0.717, 1.165) is 47.3 Å². The highest BCUT2D eigenvalue weighted by Gasteiger charge is 2.16. The summed E-state index contributed by atoms with van der Waals surface area (Å²) in [5.74, 6) is 0.906. The third kappa shape index (κ3) is 6.36. The predicted octanol–water partition coefficient (Wildman–Crippen LogP) is 5.81. The Morgan fingerprint density at radius 2 is 1.79 bits per heavy atom. The van der Waals surface area contributed by atoms with Crippen molar-refractivity contribution in [3.8, 4) is 0 Å². The Morgan fingerprint density at radius 3 is 2.46 bits per heavy atom. The molecule has 6 heteroatoms. The maximum absolute atomic E-state index is 6.54. The lowest BCUT2D eigenvalue weighted by molar-refractivity contribution is 0.515. The van der Waals surface area contributed by atoms with Gasteiger partial charge in [-0.1, -0.05) is 54.2 Å². The number of nitrogens with one attached hydrogen (secondary N) is 2. The highest BCUT2D eigenvalue weighted by Crippen LogP contribution is 2.36. The van der Waals surface area contributed by atoms with Crippen LogP contribution in [0.1, 0.15) is 43.0 Å². The molecular weight excluding hydrogens is 427 g/mol. The average Bonchev–Trinajstić information content (AvgIpc) is 2.85. The van der Waals surface area contributed by atoms with Crippen LogP contribution >= 0.6 is 48.0 Å². The molecule has 1 aliphatic heterocycles. The van der Waals surface area contributed by atoms with Crippen LogP contribution in [-0.2, 0) is 18.6 Å². The molecule has 0 atom stereocenters. The molecule has 0 spiro atoms. The zero-order valence-corrected chi connectivity index (χ0v) is 19.8. The summed E-state index contributed by atoms with van der Waals surface area (Å²) in [6.07, 6.45) is 2.12. The average molecular weight is 456 g/mol. The van der Waals surface area contributed by atoms with Gasteiger partial charge in [-0.25, -0.2) is 0 Å². The molecule has 1 heterocycles. The zero-order chi connectivity index (χ0) is 19.4. The number of halogens is 2. The van der Waals surface area contributed by atoms with E-state index >= 15 is 0 Å². The van der Waals surface area contributed by atoms with Gasteiger partial charge in [0.15, 0.2) is 0 Å². The van der Waals surface area contributed by atoms with Crippen LogP contribution in [-0.4, -0.2) is 23.6 Å². The molecule has 0 radical (unpaired) electrons. The standard InChI is InChI=1S/C22H27ClN2S2.ClH/c1-22(2,3)25-21(26)17-6-4-15(5-7-17)14-27-20-18-11-13-24-12-10-16(18)8-9-19(20)23;/h4-9,24H,10-14H2,1-3H3,(H,25,26);1H. The third-order valence-electron chi connectivity index (χ3n) is 4.52. The summed E-state index contributed by atoms with van der Waals surface area (Å²) >= 11 is 13.9. The first-order chi connectivity index (χ1) is 12.8. The molecular formula is C22H28Cl2N2S2. The minimum absolute atomic E-state index is 0. The Morgan fingerprint density at radius 1 is 1.11 bits per heavy atom. The first-order valence-electron chi connectivity index (χ1n) is 9.39. The second-order valence-corrected chi connectivity index (χ2v) is 9.75. The Balaban J connectivity index is 0.00000280. The molecule has 0 bridgehead atoms. The zero-order valence-electron chi connectivity index (χ0n) is 16.6. The van der Waals surface area contributed by atoms with Gasteiger partial charge in [-0.2, -0.15) is 0 Å². The molecule has 2 nitrogen and oxygen atoms in total. The van der Waals surface area contributed by atoms with Crippen molar-refractivity contribution < 1.29 is 0 Å². The number of fused-ring (bicyclic) bond motifs is 1. The molecule has 0 fully saturated rings. The Kier molecular flexibility index (Phi) is 8.65. The molecule has 2 N–H and O–H groups in total. The van der Waals surface area contributed by atoms with E-state index in [1.54, 1.807) is 0 Å². The van der Waals surface area contributed by atoms with Gasteiger partial charge in [-0.15, -0.1) is 24.2 Å². The van der Waals surface area contributed by atoms with Gasteiger partial charge in [0, 0.05) is 21.8 Å². The number of benzene rings is 2. The van der Waals surface area contributed by atoms with Gasteiger partial charge >= 0.3 is 0 Å². The molecule has 152 valence electrons. The fourth-order valence-electron chi connectivity index (χ4n) is 3.19. The topological polar surface area (TPSA) is 24.1 Å². The van der Waals surface area contributed by atoms with E-state index in [1.165, 1.54) is 21.6 Å². The smallest absolute Gasteiger partial charge is 0.106 e. The minimum Gasteiger partial charge on any atom is -0.371 e. The van der Waals surface area contributed by atoms with Gasteiger partial charge in [0.25, 0.3) is 0 Å². The summed E-state index contributed by atoms with van der Waals surface area (Å²) in [6, 6.07) is 12.8. The molecule has 2 aromatic carbocycles. The van der Waals surface area contributed by atoms with Crippen molar-refractivity contribution in [2.45, 2.75) is 49.8 Å². The van der Waals surface area contributed by atoms with Crippen LogP contribution in [0.4, 0.5) is 0 Å². The first kappa shape index (κ1) is 23.5. The number of hydrogen-bond donors (Lipinski definition) is 2. The van der Waals surface area contributed by atoms with E-state index in [1.807, 2.05) is 17.8 Å². The van der Waals surface area contributed by atoms with Crippen LogP contribution in [0.2, 0.25) is 5.02 Å². The maximum atomic E-state index is 6.54. The van der Waals surface area contributed by atoms with E-state index < -0.39 is 0 Å². The molecule has 0 saturated carbocycles. The van der Waals surface area contributed by atoms with E-state index in [4.69, 9.17) is 23.8 Å². The van der Waals surface area contributed by atoms with Crippen LogP contribution in [0, 0.1) is 0 Å². The van der Waals surface area contributed by atoms with Crippen molar-refractivity contribution in [3.05, 3.63) is 63.7 Å². The maximum Gasteiger partial charge on any atom is 0.106 e. The van der Waals surface area contributed by atoms with Crippen LogP contribution in [0.5, 0.6) is 0 Å². The van der Waals surface area contributed by atoms with Crippen molar-refractivity contribution in [2.24, 2.45) is 0 Å². The second kappa shape index (κ2) is 10.3. The van der Waals surface area contributed by atoms with Crippen LogP contribution in [0.15, 0.2) is 41.3 Å². The molecule has 0 saturated heterocycles. The molecule has 1 aliphatic rings. The molecule has 3 rings (SSSR count). The van der Waals surface area contributed by atoms with E-state index in [9.17, 15) is 0 Å². The fourth-order valence-corrected chi connectivity index (χ4v) is 5.09. The number of thiocarbonyl (C=S) groups is 1. The normalized spacial score (nSPS) is 13.9. The predicted molar refractivity (Wildman–Crippen MR) is 130 cm³/mol. The van der Waals surface area contributed by atoms with Crippen molar-refractivity contribution in [1.29, 1.82) is 0 Å². The molecule has 28 heavy (non-hydrogen) atoms. The van der Waals surface area contributed by atoms with Gasteiger partial charge in [0.2, 0.25) is 0 Å². The van der Waals surface area contributed by atoms with Gasteiger partial charge < -0.3 is 10.6 Å². The monoisotopic (exact) mass is 454 g/mol. The lowest BCUT2D eigenvalue weighted by Crippen LogP contribution is -2.39. The summed E-state index contributed by atoms with van der Waals surface area (Å²) in [5.41, 5.74) is 5.17. The van der Waals surface area contributed by atoms with Crippen LogP contribution in [0.3, 0.4) is 0 Å². The van der Waals surface area contributed by atoms with Crippen molar-refractivity contribution in [3.63, 3.8) is 0 Å². The highest BCUT2D eigenvalue weighted by atomic mass is 35.5. The Hall–Kier alpha value is -0.780. The molecule has 0 aromatic heterocycles. The van der Waals surface area contributed by atoms with Crippen LogP contribution in [0.25, 0.3) is 0 Å². The molecule has 0 amide bonds. The van der Waals surface area contributed by atoms with Gasteiger partial charge in [0.05, 0.1) is 5.02 Å². The second-order valence-electron chi connectivity index (χ2n) is 7.95. The van der Waals surface area contributed by atoms with E-state index in [0.29, 0.717) is 0 Å². The lowest BCUT2D eigenvalue weighted by Gasteiger charge is -2.22. The highest BCUT2D eigenvalue weighted by molar-refractivity contribution is 7.98. The number of thioether (sulfide) groups is 1. The summed E-state index contributed by atoms with van der Waals surface area (Å²) in [6.45, 7) is 8.42. The van der Waals surface area contributed by atoms with Gasteiger partial charge in [-0.3, -0.25) is 0 Å². The Labute approximate surface area is 189 Å². The lowest BCUT2D eigenvalue weighted by atomic mass is 10.0. The fraction of sp³-hybridized carbons (Fsp3) is 0.409. The van der Waals surface area contributed by atoms with Crippen molar-refractivity contribution in [2.75, 3.05) is 13.1 Å². The molecule has 2 aromatic rings. The summed E-state index contributed by atoms with van der Waals surface area (Å²) in [7, 11) is 0. The molecule has 0 aliphatic carbocycles. The quantitative estimate of drug-likeness (QED) is 0.449.